The Morgan fingerprint density at radius 3 is 2.48 bits per heavy atom. The van der Waals surface area contributed by atoms with E-state index in [1.54, 1.807) is 0 Å². The number of nitrogens with one attached hydrogen (secondary N) is 1. The predicted octanol–water partition coefficient (Wildman–Crippen LogP) is 4.59. The second-order valence-corrected chi connectivity index (χ2v) is 8.26. The Labute approximate surface area is 171 Å². The van der Waals surface area contributed by atoms with Crippen LogP contribution in [0.2, 0.25) is 0 Å². The van der Waals surface area contributed by atoms with Gasteiger partial charge in [0.05, 0.1) is 17.8 Å². The number of carbonyl (C=O) groups excluding carboxylic acids is 1. The summed E-state index contributed by atoms with van der Waals surface area (Å²) in [4.78, 5) is 15.3. The van der Waals surface area contributed by atoms with Crippen LogP contribution >= 0.6 is 0 Å². The van der Waals surface area contributed by atoms with Crippen molar-refractivity contribution < 1.29 is 4.79 Å². The molecule has 0 spiro atoms. The lowest BCUT2D eigenvalue weighted by molar-refractivity contribution is 0.0665. The number of hydrogen-bond donors (Lipinski definition) is 1. The van der Waals surface area contributed by atoms with Crippen LogP contribution in [0, 0.1) is 20.8 Å². The molecular weight excluding hydrogens is 360 g/mol. The molecule has 5 rings (SSSR count). The highest BCUT2D eigenvalue weighted by atomic mass is 16.2. The Morgan fingerprint density at radius 1 is 1.03 bits per heavy atom. The Morgan fingerprint density at radius 2 is 1.76 bits per heavy atom. The van der Waals surface area contributed by atoms with Crippen molar-refractivity contribution in [2.24, 2.45) is 0 Å². The number of anilines is 1. The molecule has 2 heterocycles. The molecule has 2 aliphatic rings. The normalized spacial score (nSPS) is 18.5. The average molecular weight is 386 g/mol. The van der Waals surface area contributed by atoms with E-state index in [0.29, 0.717) is 6.04 Å². The summed E-state index contributed by atoms with van der Waals surface area (Å²) in [5.74, 6) is 0.122. The van der Waals surface area contributed by atoms with Gasteiger partial charge in [0.2, 0.25) is 0 Å². The molecule has 5 heteroatoms. The molecule has 29 heavy (non-hydrogen) atoms. The van der Waals surface area contributed by atoms with Crippen molar-refractivity contribution in [3.63, 3.8) is 0 Å². The van der Waals surface area contributed by atoms with E-state index in [0.717, 1.165) is 47.6 Å². The maximum atomic E-state index is 13.3. The fourth-order valence-electron chi connectivity index (χ4n) is 4.34. The largest absolute Gasteiger partial charge is 0.361 e. The van der Waals surface area contributed by atoms with Crippen LogP contribution in [0.15, 0.2) is 48.5 Å². The van der Waals surface area contributed by atoms with Gasteiger partial charge in [-0.05, 0) is 51.3 Å². The molecule has 1 atom stereocenters. The van der Waals surface area contributed by atoms with Crippen LogP contribution in [0.3, 0.4) is 0 Å². The average Bonchev–Trinajstić information content (AvgIpc) is 3.50. The molecule has 2 aromatic carbocycles. The minimum atomic E-state index is -0.170. The van der Waals surface area contributed by atoms with E-state index in [4.69, 9.17) is 5.10 Å². The third-order valence-electron chi connectivity index (χ3n) is 6.07. The summed E-state index contributed by atoms with van der Waals surface area (Å²) in [6, 6.07) is 16.7. The number of aromatic nitrogens is 2. The standard InChI is InChI=1S/C24H26N4O/c1-15-8-10-18(11-9-15)14-27-17(3)22(16(2)26-27)23-25-21-7-5-4-6-20(21)24(29)28(23)19-12-13-19/h4-11,19,23,25H,12-14H2,1-3H3/t23-/m0/s1. The summed E-state index contributed by atoms with van der Waals surface area (Å²) in [7, 11) is 0. The zero-order valence-electron chi connectivity index (χ0n) is 17.1. The smallest absolute Gasteiger partial charge is 0.258 e. The van der Waals surface area contributed by atoms with Crippen molar-refractivity contribution in [1.29, 1.82) is 0 Å². The molecule has 1 saturated carbocycles. The molecule has 5 nitrogen and oxygen atoms in total. The van der Waals surface area contributed by atoms with Crippen molar-refractivity contribution in [2.45, 2.75) is 52.4 Å². The van der Waals surface area contributed by atoms with Crippen LogP contribution in [0.4, 0.5) is 5.69 Å². The molecule has 3 aromatic rings. The van der Waals surface area contributed by atoms with E-state index in [-0.39, 0.29) is 12.1 Å². The topological polar surface area (TPSA) is 50.2 Å². The number of fused-ring (bicyclic) bond motifs is 1. The van der Waals surface area contributed by atoms with Crippen LogP contribution in [-0.4, -0.2) is 26.6 Å². The third-order valence-corrected chi connectivity index (χ3v) is 6.07. The van der Waals surface area contributed by atoms with Gasteiger partial charge in [0.1, 0.15) is 6.17 Å². The maximum Gasteiger partial charge on any atom is 0.258 e. The molecule has 1 aliphatic heterocycles. The van der Waals surface area contributed by atoms with Crippen LogP contribution in [0.25, 0.3) is 0 Å². The van der Waals surface area contributed by atoms with Gasteiger partial charge in [-0.1, -0.05) is 42.0 Å². The van der Waals surface area contributed by atoms with Gasteiger partial charge in [-0.3, -0.25) is 9.48 Å². The molecule has 148 valence electrons. The molecule has 1 aliphatic carbocycles. The van der Waals surface area contributed by atoms with Crippen molar-refractivity contribution in [2.75, 3.05) is 5.32 Å². The first-order valence-electron chi connectivity index (χ1n) is 10.3. The van der Waals surface area contributed by atoms with Gasteiger partial charge in [-0.2, -0.15) is 5.10 Å². The second-order valence-electron chi connectivity index (χ2n) is 8.26. The number of amides is 1. The molecule has 0 saturated heterocycles. The van der Waals surface area contributed by atoms with Crippen molar-refractivity contribution in [3.8, 4) is 0 Å². The number of hydrogen-bond acceptors (Lipinski definition) is 3. The SMILES string of the molecule is Cc1ccc(Cn2nc(C)c([C@H]3Nc4ccccc4C(=O)N3C3CC3)c2C)cc1. The number of rotatable bonds is 4. The van der Waals surface area contributed by atoms with Crippen molar-refractivity contribution in [3.05, 3.63) is 82.2 Å². The monoisotopic (exact) mass is 386 g/mol. The highest BCUT2D eigenvalue weighted by Crippen LogP contribution is 2.42. The lowest BCUT2D eigenvalue weighted by atomic mass is 10.0. The molecular formula is C24H26N4O. The molecule has 0 bridgehead atoms. The fourth-order valence-corrected chi connectivity index (χ4v) is 4.34. The first-order chi connectivity index (χ1) is 14.0. The van der Waals surface area contributed by atoms with E-state index >= 15 is 0 Å². The number of aryl methyl sites for hydroxylation is 2. The Balaban J connectivity index is 1.53. The van der Waals surface area contributed by atoms with E-state index in [1.807, 2.05) is 36.1 Å². The van der Waals surface area contributed by atoms with Crippen molar-refractivity contribution >= 4 is 11.6 Å². The first kappa shape index (κ1) is 18.0. The highest BCUT2D eigenvalue weighted by Gasteiger charge is 2.43. The Hall–Kier alpha value is -3.08. The summed E-state index contributed by atoms with van der Waals surface area (Å²) in [5, 5.41) is 8.47. The Bertz CT molecular complexity index is 1080. The zero-order chi connectivity index (χ0) is 20.1. The summed E-state index contributed by atoms with van der Waals surface area (Å²) in [6.45, 7) is 6.99. The van der Waals surface area contributed by atoms with Gasteiger partial charge in [0.15, 0.2) is 0 Å². The summed E-state index contributed by atoms with van der Waals surface area (Å²) in [5.41, 5.74) is 7.36. The maximum absolute atomic E-state index is 13.3. The van der Waals surface area contributed by atoms with E-state index < -0.39 is 0 Å². The van der Waals surface area contributed by atoms with Gasteiger partial charge in [0, 0.05) is 23.0 Å². The van der Waals surface area contributed by atoms with Gasteiger partial charge in [-0.25, -0.2) is 0 Å². The quantitative estimate of drug-likeness (QED) is 0.714. The number of nitrogens with zero attached hydrogens (tertiary/aromatic N) is 3. The highest BCUT2D eigenvalue weighted by molar-refractivity contribution is 6.02. The second kappa shape index (κ2) is 6.76. The predicted molar refractivity (Wildman–Crippen MR) is 114 cm³/mol. The summed E-state index contributed by atoms with van der Waals surface area (Å²) >= 11 is 0. The van der Waals surface area contributed by atoms with E-state index in [2.05, 4.69) is 48.1 Å². The molecule has 1 fully saturated rings. The fraction of sp³-hybridized carbons (Fsp3) is 0.333. The number of para-hydroxylation sites is 1. The number of carbonyl (C=O) groups is 1. The van der Waals surface area contributed by atoms with E-state index in [9.17, 15) is 4.79 Å². The number of benzene rings is 2. The molecule has 0 unspecified atom stereocenters. The third kappa shape index (κ3) is 3.11. The molecule has 1 N–H and O–H groups in total. The van der Waals surface area contributed by atoms with Gasteiger partial charge < -0.3 is 10.2 Å². The summed E-state index contributed by atoms with van der Waals surface area (Å²) in [6.07, 6.45) is 1.97. The van der Waals surface area contributed by atoms with Gasteiger partial charge >= 0.3 is 0 Å². The minimum absolute atomic E-state index is 0.122. The van der Waals surface area contributed by atoms with Crippen LogP contribution in [0.1, 0.15) is 57.4 Å². The molecule has 1 aromatic heterocycles. The van der Waals surface area contributed by atoms with E-state index in [1.165, 1.54) is 11.1 Å². The lowest BCUT2D eigenvalue weighted by Gasteiger charge is -2.38. The van der Waals surface area contributed by atoms with Crippen molar-refractivity contribution in [1.82, 2.24) is 14.7 Å². The minimum Gasteiger partial charge on any atom is -0.361 e. The van der Waals surface area contributed by atoms with Crippen LogP contribution < -0.4 is 5.32 Å². The van der Waals surface area contributed by atoms with Crippen LogP contribution in [0.5, 0.6) is 0 Å². The molecule has 1 amide bonds. The van der Waals surface area contributed by atoms with Gasteiger partial charge in [-0.15, -0.1) is 0 Å². The van der Waals surface area contributed by atoms with Gasteiger partial charge in [0.25, 0.3) is 5.91 Å². The Kier molecular flexibility index (Phi) is 4.19. The molecule has 0 radical (unpaired) electrons. The van der Waals surface area contributed by atoms with Crippen LogP contribution in [-0.2, 0) is 6.54 Å². The lowest BCUT2D eigenvalue weighted by Crippen LogP contribution is -2.44. The first-order valence-corrected chi connectivity index (χ1v) is 10.3. The zero-order valence-corrected chi connectivity index (χ0v) is 17.1. The summed E-state index contributed by atoms with van der Waals surface area (Å²) < 4.78 is 2.06.